The molecule has 0 fully saturated rings. The largest absolute Gasteiger partial charge is 0.289 e. The average Bonchev–Trinajstić information content (AvgIpc) is 2.53. The minimum atomic E-state index is -4.45. The van der Waals surface area contributed by atoms with E-state index in [2.05, 4.69) is 0 Å². The summed E-state index contributed by atoms with van der Waals surface area (Å²) in [5.74, 6) is 0. The van der Waals surface area contributed by atoms with E-state index in [4.69, 9.17) is 23.2 Å². The second-order valence-corrected chi connectivity index (χ2v) is 7.20. The lowest BCUT2D eigenvalue weighted by atomic mass is 10.3. The number of anilines is 1. The van der Waals surface area contributed by atoms with Crippen LogP contribution < -0.4 is 4.31 Å². The van der Waals surface area contributed by atoms with Gasteiger partial charge < -0.3 is 0 Å². The van der Waals surface area contributed by atoms with Crippen LogP contribution in [0.5, 0.6) is 0 Å². The van der Waals surface area contributed by atoms with Crippen LogP contribution in [0.25, 0.3) is 0 Å². The Hall–Kier alpha value is -2.16. The van der Waals surface area contributed by atoms with Gasteiger partial charge in [0.15, 0.2) is 4.90 Å². The summed E-state index contributed by atoms with van der Waals surface area (Å²) in [6, 6.07) is 10.7. The van der Waals surface area contributed by atoms with E-state index >= 15 is 0 Å². The van der Waals surface area contributed by atoms with E-state index in [1.807, 2.05) is 0 Å². The number of nitro groups is 1. The first-order valence-electron chi connectivity index (χ1n) is 6.44. The molecule has 126 valence electrons. The third-order valence-corrected chi connectivity index (χ3v) is 5.27. The number of benzene rings is 2. The van der Waals surface area contributed by atoms with Crippen molar-refractivity contribution in [3.8, 4) is 0 Å². The summed E-state index contributed by atoms with van der Waals surface area (Å²) in [6.07, 6.45) is 0. The zero-order valence-corrected chi connectivity index (χ0v) is 14.3. The molecular weight excluding hydrogens is 379 g/mol. The molecule has 0 unspecified atom stereocenters. The zero-order valence-electron chi connectivity index (χ0n) is 11.9. The highest BCUT2D eigenvalue weighted by molar-refractivity contribution is 7.93. The van der Waals surface area contributed by atoms with Gasteiger partial charge in [0.05, 0.1) is 15.6 Å². The summed E-state index contributed by atoms with van der Waals surface area (Å²) >= 11 is 11.4. The molecule has 0 bridgehead atoms. The predicted molar refractivity (Wildman–Crippen MR) is 89.9 cm³/mol. The number of hydrogen-bond acceptors (Lipinski definition) is 5. The number of nitro benzene ring substituents is 1. The van der Waals surface area contributed by atoms with Crippen molar-refractivity contribution in [3.05, 3.63) is 63.7 Å². The summed E-state index contributed by atoms with van der Waals surface area (Å²) in [5, 5.41) is 10.2. The number of nitrogens with zero attached hydrogens (tertiary/aromatic N) is 2. The summed E-state index contributed by atoms with van der Waals surface area (Å²) in [7, 11) is -4.45. The third kappa shape index (κ3) is 3.66. The molecule has 10 heteroatoms. The Kier molecular flexibility index (Phi) is 5.43. The van der Waals surface area contributed by atoms with Crippen molar-refractivity contribution in [1.29, 1.82) is 0 Å². The highest BCUT2D eigenvalue weighted by Gasteiger charge is 2.33. The maximum Gasteiger partial charge on any atom is 0.289 e. The van der Waals surface area contributed by atoms with Crippen molar-refractivity contribution in [1.82, 2.24) is 0 Å². The quantitative estimate of drug-likeness (QED) is 0.429. The maximum absolute atomic E-state index is 12.9. The van der Waals surface area contributed by atoms with E-state index in [0.717, 1.165) is 12.1 Å². The van der Waals surface area contributed by atoms with Crippen molar-refractivity contribution >= 4 is 49.8 Å². The van der Waals surface area contributed by atoms with Crippen LogP contribution >= 0.6 is 23.2 Å². The normalized spacial score (nSPS) is 11.1. The molecule has 0 heterocycles. The van der Waals surface area contributed by atoms with E-state index in [9.17, 15) is 23.3 Å². The van der Waals surface area contributed by atoms with Gasteiger partial charge in [0.1, 0.15) is 6.54 Å². The highest BCUT2D eigenvalue weighted by atomic mass is 35.5. The number of hydrogen-bond donors (Lipinski definition) is 0. The molecule has 0 amide bonds. The number of para-hydroxylation sites is 2. The molecule has 0 aliphatic rings. The molecule has 2 aromatic carbocycles. The molecule has 0 aliphatic carbocycles. The molecule has 0 radical (unpaired) electrons. The summed E-state index contributed by atoms with van der Waals surface area (Å²) < 4.78 is 26.4. The monoisotopic (exact) mass is 388 g/mol. The van der Waals surface area contributed by atoms with E-state index in [1.165, 1.54) is 30.3 Å². The molecule has 0 atom stereocenters. The molecule has 0 aromatic heterocycles. The molecule has 0 saturated heterocycles. The first kappa shape index (κ1) is 18.2. The van der Waals surface area contributed by atoms with Gasteiger partial charge in [-0.05, 0) is 29.8 Å². The van der Waals surface area contributed by atoms with E-state index < -0.39 is 37.3 Å². The fourth-order valence-electron chi connectivity index (χ4n) is 2.01. The lowest BCUT2D eigenvalue weighted by molar-refractivity contribution is -0.387. The van der Waals surface area contributed by atoms with Crippen LogP contribution in [0.2, 0.25) is 5.02 Å². The van der Waals surface area contributed by atoms with Gasteiger partial charge in [-0.2, -0.15) is 0 Å². The van der Waals surface area contributed by atoms with Crippen LogP contribution in [-0.4, -0.2) is 25.1 Å². The minimum absolute atomic E-state index is 0.00804. The Balaban J connectivity index is 2.68. The molecule has 2 rings (SSSR count). The Labute approximate surface area is 147 Å². The van der Waals surface area contributed by atoms with Crippen molar-refractivity contribution in [2.45, 2.75) is 4.90 Å². The average molecular weight is 389 g/mol. The van der Waals surface area contributed by atoms with E-state index in [0.29, 0.717) is 4.31 Å². The second kappa shape index (κ2) is 7.16. The number of halogens is 2. The Morgan fingerprint density at radius 3 is 2.29 bits per heavy atom. The Morgan fingerprint density at radius 1 is 1.12 bits per heavy atom. The van der Waals surface area contributed by atoms with Crippen LogP contribution in [-0.2, 0) is 14.8 Å². The van der Waals surface area contributed by atoms with Crippen molar-refractivity contribution in [2.24, 2.45) is 0 Å². The first-order valence-corrected chi connectivity index (χ1v) is 8.63. The van der Waals surface area contributed by atoms with Gasteiger partial charge in [-0.15, -0.1) is 0 Å². The standard InChI is InChI=1S/C14H10Cl2N2O5S/c15-10-5-1-2-6-11(10)17(9-14(16)19)24(22,23)13-8-4-3-7-12(13)18(20)21/h1-8H,9H2. The maximum atomic E-state index is 12.9. The van der Waals surface area contributed by atoms with Crippen molar-refractivity contribution in [2.75, 3.05) is 10.8 Å². The van der Waals surface area contributed by atoms with Gasteiger partial charge in [0.25, 0.3) is 15.7 Å². The van der Waals surface area contributed by atoms with Gasteiger partial charge in [-0.25, -0.2) is 8.42 Å². The fraction of sp³-hybridized carbons (Fsp3) is 0.0714. The Morgan fingerprint density at radius 2 is 1.71 bits per heavy atom. The number of rotatable bonds is 6. The van der Waals surface area contributed by atoms with Crippen LogP contribution in [0.3, 0.4) is 0 Å². The molecule has 24 heavy (non-hydrogen) atoms. The van der Waals surface area contributed by atoms with Gasteiger partial charge in [-0.3, -0.25) is 19.2 Å². The summed E-state index contributed by atoms with van der Waals surface area (Å²) in [6.45, 7) is -0.723. The van der Waals surface area contributed by atoms with Crippen LogP contribution in [0.1, 0.15) is 0 Å². The number of carbonyl (C=O) groups is 1. The summed E-state index contributed by atoms with van der Waals surface area (Å²) in [4.78, 5) is 21.1. The van der Waals surface area contributed by atoms with Crippen LogP contribution in [0.15, 0.2) is 53.4 Å². The van der Waals surface area contributed by atoms with E-state index in [-0.39, 0.29) is 10.7 Å². The third-order valence-electron chi connectivity index (χ3n) is 3.02. The topological polar surface area (TPSA) is 97.6 Å². The predicted octanol–water partition coefficient (Wildman–Crippen LogP) is 3.21. The lowest BCUT2D eigenvalue weighted by Crippen LogP contribution is -2.35. The van der Waals surface area contributed by atoms with Gasteiger partial charge >= 0.3 is 0 Å². The first-order chi connectivity index (χ1) is 11.2. The molecule has 7 nitrogen and oxygen atoms in total. The summed E-state index contributed by atoms with van der Waals surface area (Å²) in [5.41, 5.74) is -0.622. The molecule has 0 aliphatic heterocycles. The minimum Gasteiger partial charge on any atom is -0.279 e. The smallest absolute Gasteiger partial charge is 0.279 e. The van der Waals surface area contributed by atoms with Crippen LogP contribution in [0, 0.1) is 10.1 Å². The van der Waals surface area contributed by atoms with Crippen LogP contribution in [0.4, 0.5) is 11.4 Å². The molecule has 0 spiro atoms. The molecular formula is C14H10Cl2N2O5S. The molecule has 0 N–H and O–H groups in total. The Bertz CT molecular complexity index is 902. The van der Waals surface area contributed by atoms with Gasteiger partial charge in [0.2, 0.25) is 5.24 Å². The highest BCUT2D eigenvalue weighted by Crippen LogP contribution is 2.33. The number of carbonyl (C=O) groups excluding carboxylic acids is 1. The van der Waals surface area contributed by atoms with E-state index in [1.54, 1.807) is 6.07 Å². The fourth-order valence-corrected chi connectivity index (χ4v) is 4.09. The second-order valence-electron chi connectivity index (χ2n) is 4.54. The SMILES string of the molecule is O=C(Cl)CN(c1ccccc1Cl)S(=O)(=O)c1ccccc1[N+](=O)[O-]. The van der Waals surface area contributed by atoms with Crippen molar-refractivity contribution in [3.63, 3.8) is 0 Å². The van der Waals surface area contributed by atoms with Gasteiger partial charge in [0, 0.05) is 6.07 Å². The zero-order chi connectivity index (χ0) is 17.9. The molecule has 0 saturated carbocycles. The number of sulfonamides is 1. The van der Waals surface area contributed by atoms with Gasteiger partial charge in [-0.1, -0.05) is 35.9 Å². The lowest BCUT2D eigenvalue weighted by Gasteiger charge is -2.23. The molecule has 2 aromatic rings. The van der Waals surface area contributed by atoms with Crippen molar-refractivity contribution < 1.29 is 18.1 Å².